The number of benzene rings is 1. The Hall–Kier alpha value is -2.25. The number of hydrogen-bond acceptors (Lipinski definition) is 4. The highest BCUT2D eigenvalue weighted by Gasteiger charge is 2.12. The second kappa shape index (κ2) is 6.89. The van der Waals surface area contributed by atoms with Crippen LogP contribution >= 0.6 is 23.6 Å². The molecule has 0 saturated carbocycles. The average molecular weight is 344 g/mol. The second-order valence-electron chi connectivity index (χ2n) is 5.16. The molecule has 0 aliphatic carbocycles. The minimum absolute atomic E-state index is 0.0933. The standard InChI is InChI=1S/C16H16N4OS2/c1-11-4-6-12(7-5-11)15-18-19-16(22)20(15)10-14(21)17-9-13-3-2-8-23-13/h2-8H,9-10H2,1H3,(H,17,21)(H,19,22). The van der Waals surface area contributed by atoms with E-state index in [1.165, 1.54) is 5.56 Å². The molecule has 0 saturated heterocycles. The van der Waals surface area contributed by atoms with E-state index >= 15 is 0 Å². The maximum absolute atomic E-state index is 12.2. The van der Waals surface area contributed by atoms with Gasteiger partial charge in [0.05, 0.1) is 6.54 Å². The fraction of sp³-hybridized carbons (Fsp3) is 0.188. The molecule has 0 atom stereocenters. The SMILES string of the molecule is Cc1ccc(-c2n[nH]c(=S)n2CC(=O)NCc2cccs2)cc1. The second-order valence-corrected chi connectivity index (χ2v) is 6.58. The smallest absolute Gasteiger partial charge is 0.240 e. The Bertz CT molecular complexity index is 847. The Kier molecular flexibility index (Phi) is 4.68. The zero-order valence-corrected chi connectivity index (χ0v) is 14.2. The molecule has 0 aliphatic heterocycles. The highest BCUT2D eigenvalue weighted by Crippen LogP contribution is 2.17. The van der Waals surface area contributed by atoms with E-state index in [4.69, 9.17) is 12.2 Å². The van der Waals surface area contributed by atoms with Crippen molar-refractivity contribution >= 4 is 29.5 Å². The number of carbonyl (C=O) groups is 1. The van der Waals surface area contributed by atoms with E-state index in [9.17, 15) is 4.79 Å². The molecule has 2 aromatic heterocycles. The van der Waals surface area contributed by atoms with E-state index in [1.807, 2.05) is 48.7 Å². The molecule has 1 amide bonds. The first kappa shape index (κ1) is 15.6. The molecule has 2 N–H and O–H groups in total. The van der Waals surface area contributed by atoms with Gasteiger partial charge in [0.15, 0.2) is 10.6 Å². The molecular weight excluding hydrogens is 328 g/mol. The molecule has 0 radical (unpaired) electrons. The van der Waals surface area contributed by atoms with Gasteiger partial charge in [-0.05, 0) is 30.6 Å². The first-order valence-corrected chi connectivity index (χ1v) is 8.43. The fourth-order valence-corrected chi connectivity index (χ4v) is 3.03. The molecule has 5 nitrogen and oxygen atoms in total. The summed E-state index contributed by atoms with van der Waals surface area (Å²) >= 11 is 6.86. The highest BCUT2D eigenvalue weighted by molar-refractivity contribution is 7.71. The summed E-state index contributed by atoms with van der Waals surface area (Å²) in [5, 5.41) is 11.9. The van der Waals surface area contributed by atoms with E-state index in [0.29, 0.717) is 17.1 Å². The molecule has 0 aliphatic rings. The number of nitrogens with one attached hydrogen (secondary N) is 2. The van der Waals surface area contributed by atoms with Crippen molar-refractivity contribution in [3.05, 3.63) is 57.0 Å². The van der Waals surface area contributed by atoms with Crippen LogP contribution in [0, 0.1) is 11.7 Å². The molecule has 0 fully saturated rings. The zero-order chi connectivity index (χ0) is 16.2. The molecular formula is C16H16N4OS2. The van der Waals surface area contributed by atoms with Gasteiger partial charge in [-0.1, -0.05) is 35.9 Å². The number of thiophene rings is 1. The van der Waals surface area contributed by atoms with Crippen LogP contribution in [0.3, 0.4) is 0 Å². The van der Waals surface area contributed by atoms with E-state index in [-0.39, 0.29) is 12.5 Å². The molecule has 23 heavy (non-hydrogen) atoms. The Balaban J connectivity index is 1.75. The average Bonchev–Trinajstić information content (AvgIpc) is 3.17. The van der Waals surface area contributed by atoms with Crippen molar-refractivity contribution in [1.29, 1.82) is 0 Å². The highest BCUT2D eigenvalue weighted by atomic mass is 32.1. The van der Waals surface area contributed by atoms with Gasteiger partial charge in [-0.15, -0.1) is 11.3 Å². The number of aryl methyl sites for hydroxylation is 1. The van der Waals surface area contributed by atoms with Crippen molar-refractivity contribution < 1.29 is 4.79 Å². The van der Waals surface area contributed by atoms with Crippen molar-refractivity contribution in [2.24, 2.45) is 0 Å². The largest absolute Gasteiger partial charge is 0.350 e. The number of carbonyl (C=O) groups excluding carboxylic acids is 1. The number of rotatable bonds is 5. The van der Waals surface area contributed by atoms with E-state index in [2.05, 4.69) is 15.5 Å². The molecule has 2 heterocycles. The van der Waals surface area contributed by atoms with Crippen LogP contribution in [-0.2, 0) is 17.9 Å². The van der Waals surface area contributed by atoms with Gasteiger partial charge in [-0.3, -0.25) is 14.5 Å². The van der Waals surface area contributed by atoms with Gasteiger partial charge >= 0.3 is 0 Å². The molecule has 7 heteroatoms. The molecule has 3 aromatic rings. The van der Waals surface area contributed by atoms with Crippen LogP contribution in [0.5, 0.6) is 0 Å². The predicted molar refractivity (Wildman–Crippen MR) is 93.8 cm³/mol. The van der Waals surface area contributed by atoms with Crippen LogP contribution < -0.4 is 5.32 Å². The Morgan fingerprint density at radius 3 is 2.83 bits per heavy atom. The number of nitrogens with zero attached hydrogens (tertiary/aromatic N) is 2. The van der Waals surface area contributed by atoms with Crippen LogP contribution in [0.1, 0.15) is 10.4 Å². The summed E-state index contributed by atoms with van der Waals surface area (Å²) in [6, 6.07) is 11.9. The predicted octanol–water partition coefficient (Wildman–Crippen LogP) is 3.29. The van der Waals surface area contributed by atoms with E-state index in [1.54, 1.807) is 15.9 Å². The first-order chi connectivity index (χ1) is 11.1. The van der Waals surface area contributed by atoms with Gasteiger partial charge in [0.25, 0.3) is 0 Å². The number of hydrogen-bond donors (Lipinski definition) is 2. The molecule has 0 unspecified atom stereocenters. The Morgan fingerprint density at radius 2 is 2.13 bits per heavy atom. The lowest BCUT2D eigenvalue weighted by Crippen LogP contribution is -2.27. The lowest BCUT2D eigenvalue weighted by Gasteiger charge is -2.08. The summed E-state index contributed by atoms with van der Waals surface area (Å²) in [5.74, 6) is 0.575. The minimum atomic E-state index is -0.0933. The third-order valence-corrected chi connectivity index (χ3v) is 4.60. The minimum Gasteiger partial charge on any atom is -0.350 e. The normalized spacial score (nSPS) is 10.7. The van der Waals surface area contributed by atoms with Gasteiger partial charge in [-0.25, -0.2) is 0 Å². The van der Waals surface area contributed by atoms with Crippen molar-refractivity contribution in [3.63, 3.8) is 0 Å². The first-order valence-electron chi connectivity index (χ1n) is 7.15. The number of aromatic nitrogens is 3. The summed E-state index contributed by atoms with van der Waals surface area (Å²) < 4.78 is 2.15. The summed E-state index contributed by atoms with van der Waals surface area (Å²) in [6.45, 7) is 2.70. The summed E-state index contributed by atoms with van der Waals surface area (Å²) in [7, 11) is 0. The van der Waals surface area contributed by atoms with Crippen LogP contribution in [0.15, 0.2) is 41.8 Å². The Labute approximate surface area is 143 Å². The summed E-state index contributed by atoms with van der Waals surface area (Å²) in [4.78, 5) is 13.3. The topological polar surface area (TPSA) is 62.7 Å². The monoisotopic (exact) mass is 344 g/mol. The third kappa shape index (κ3) is 3.75. The number of H-pyrrole nitrogens is 1. The summed E-state index contributed by atoms with van der Waals surface area (Å²) in [6.07, 6.45) is 0. The van der Waals surface area contributed by atoms with Crippen molar-refractivity contribution in [1.82, 2.24) is 20.1 Å². The maximum atomic E-state index is 12.2. The van der Waals surface area contributed by atoms with Crippen LogP contribution in [-0.4, -0.2) is 20.7 Å². The maximum Gasteiger partial charge on any atom is 0.240 e. The van der Waals surface area contributed by atoms with Crippen LogP contribution in [0.25, 0.3) is 11.4 Å². The van der Waals surface area contributed by atoms with Gasteiger partial charge in [0.2, 0.25) is 5.91 Å². The number of aromatic amines is 1. The van der Waals surface area contributed by atoms with Crippen LogP contribution in [0.4, 0.5) is 0 Å². The van der Waals surface area contributed by atoms with Gasteiger partial charge in [-0.2, -0.15) is 5.10 Å². The fourth-order valence-electron chi connectivity index (χ4n) is 2.19. The third-order valence-electron chi connectivity index (χ3n) is 3.41. The van der Waals surface area contributed by atoms with Crippen molar-refractivity contribution in [2.45, 2.75) is 20.0 Å². The summed E-state index contributed by atoms with van der Waals surface area (Å²) in [5.41, 5.74) is 2.09. The van der Waals surface area contributed by atoms with Crippen molar-refractivity contribution in [2.75, 3.05) is 0 Å². The van der Waals surface area contributed by atoms with Crippen molar-refractivity contribution in [3.8, 4) is 11.4 Å². The van der Waals surface area contributed by atoms with E-state index < -0.39 is 0 Å². The molecule has 3 rings (SSSR count). The lowest BCUT2D eigenvalue weighted by molar-refractivity contribution is -0.121. The van der Waals surface area contributed by atoms with E-state index in [0.717, 1.165) is 10.4 Å². The number of amides is 1. The molecule has 0 bridgehead atoms. The van der Waals surface area contributed by atoms with Gasteiger partial charge in [0.1, 0.15) is 6.54 Å². The Morgan fingerprint density at radius 1 is 1.35 bits per heavy atom. The van der Waals surface area contributed by atoms with Crippen LogP contribution in [0.2, 0.25) is 0 Å². The molecule has 118 valence electrons. The lowest BCUT2D eigenvalue weighted by atomic mass is 10.1. The molecule has 1 aromatic carbocycles. The molecule has 0 spiro atoms. The van der Waals surface area contributed by atoms with Gasteiger partial charge < -0.3 is 5.32 Å². The quantitative estimate of drug-likeness (QED) is 0.698. The van der Waals surface area contributed by atoms with Gasteiger partial charge in [0, 0.05) is 10.4 Å². The zero-order valence-electron chi connectivity index (χ0n) is 12.6.